The fourth-order valence-electron chi connectivity index (χ4n) is 8.38. The van der Waals surface area contributed by atoms with Crippen LogP contribution in [0.4, 0.5) is 0 Å². The number of aliphatic hydroxyl groups excluding tert-OH is 6. The van der Waals surface area contributed by atoms with E-state index < -0.39 is 63.2 Å². The zero-order valence-electron chi connectivity index (χ0n) is 39.4. The predicted octanol–water partition coefficient (Wildman–Crippen LogP) is 10.4. The van der Waals surface area contributed by atoms with Crippen LogP contribution in [0, 0.1) is 0 Å². The van der Waals surface area contributed by atoms with Crippen molar-refractivity contribution in [1.82, 2.24) is 5.32 Å². The highest BCUT2D eigenvalue weighted by Gasteiger charge is 2.51. The quantitative estimate of drug-likeness (QED) is 0.0164. The maximum Gasteiger partial charge on any atom is 0.472 e. The summed E-state index contributed by atoms with van der Waals surface area (Å²) in [5.41, 5.74) is 0. The number of phosphoric acid groups is 1. The number of carbonyl (C=O) groups excluding carboxylic acids is 1. The summed E-state index contributed by atoms with van der Waals surface area (Å²) in [5.74, 6) is -0.337. The van der Waals surface area contributed by atoms with Crippen LogP contribution in [-0.2, 0) is 18.4 Å². The van der Waals surface area contributed by atoms with Crippen LogP contribution >= 0.6 is 7.82 Å². The van der Waals surface area contributed by atoms with Gasteiger partial charge < -0.3 is 40.8 Å². The van der Waals surface area contributed by atoms with Gasteiger partial charge in [-0.2, -0.15) is 0 Å². The minimum atomic E-state index is -5.08. The zero-order chi connectivity index (χ0) is 45.7. The van der Waals surface area contributed by atoms with Crippen LogP contribution in [0.15, 0.2) is 12.2 Å². The Hall–Kier alpha value is -0.920. The second-order valence-corrected chi connectivity index (χ2v) is 19.8. The van der Waals surface area contributed by atoms with E-state index in [1.54, 1.807) is 0 Å². The Balaban J connectivity index is 2.35. The number of nitrogens with one attached hydrogen (secondary N) is 1. The fourth-order valence-corrected chi connectivity index (χ4v) is 9.34. The lowest BCUT2D eigenvalue weighted by molar-refractivity contribution is -0.220. The van der Waals surface area contributed by atoms with Crippen molar-refractivity contribution < 1.29 is 53.9 Å². The van der Waals surface area contributed by atoms with Crippen molar-refractivity contribution in [2.24, 2.45) is 0 Å². The highest BCUT2D eigenvalue weighted by Crippen LogP contribution is 2.47. The molecular weight excluding hydrogens is 810 g/mol. The second-order valence-electron chi connectivity index (χ2n) is 18.4. The smallest absolute Gasteiger partial charge is 0.387 e. The molecule has 1 saturated carbocycles. The van der Waals surface area contributed by atoms with E-state index in [9.17, 15) is 44.9 Å². The molecule has 1 aliphatic carbocycles. The maximum atomic E-state index is 13.0. The Bertz CT molecular complexity index is 1100. The second kappa shape index (κ2) is 39.3. The van der Waals surface area contributed by atoms with Crippen LogP contribution in [0.1, 0.15) is 239 Å². The monoisotopic (exact) mass is 906 g/mol. The third-order valence-corrected chi connectivity index (χ3v) is 13.6. The average Bonchev–Trinajstić information content (AvgIpc) is 3.25. The molecule has 0 heterocycles. The van der Waals surface area contributed by atoms with Gasteiger partial charge in [-0.1, -0.05) is 225 Å². The lowest BCUT2D eigenvalue weighted by Crippen LogP contribution is -2.64. The van der Waals surface area contributed by atoms with Gasteiger partial charge in [-0.15, -0.1) is 0 Å². The molecule has 0 aromatic carbocycles. The largest absolute Gasteiger partial charge is 0.472 e. The molecule has 8 N–H and O–H groups in total. The normalized spacial score (nSPS) is 22.5. The topological polar surface area (TPSA) is 206 Å². The van der Waals surface area contributed by atoms with Crippen LogP contribution in [0.25, 0.3) is 0 Å². The average molecular weight is 906 g/mol. The van der Waals surface area contributed by atoms with Crippen LogP contribution in [-0.4, -0.2) is 96.8 Å². The van der Waals surface area contributed by atoms with Gasteiger partial charge in [-0.25, -0.2) is 4.57 Å². The summed E-state index contributed by atoms with van der Waals surface area (Å²) in [4.78, 5) is 23.4. The first-order valence-corrected chi connectivity index (χ1v) is 27.1. The van der Waals surface area contributed by atoms with E-state index in [-0.39, 0.29) is 12.3 Å². The van der Waals surface area contributed by atoms with E-state index in [1.807, 2.05) is 6.08 Å². The predicted molar refractivity (Wildman–Crippen MR) is 251 cm³/mol. The molecule has 0 bridgehead atoms. The van der Waals surface area contributed by atoms with Crippen LogP contribution in [0.5, 0.6) is 0 Å². The van der Waals surface area contributed by atoms with E-state index in [4.69, 9.17) is 9.05 Å². The molecule has 6 unspecified atom stereocenters. The molecule has 12 nitrogen and oxygen atoms in total. The molecule has 1 fully saturated rings. The number of phosphoric ester groups is 1. The number of rotatable bonds is 43. The standard InChI is InChI=1S/C49H96NO11P/c1-3-5-7-9-11-13-15-17-18-19-20-21-22-23-24-25-26-27-29-31-33-35-37-39-43(52)50-41(42(51)38-36-34-32-30-28-16-14-12-10-8-6-4-2)40-60-62(58,59)61-49-47(56)45(54)44(53)46(55)48(49)57/h36,38,41-42,44-49,51,53-57H,3-35,37,39-40H2,1-2H3,(H,50,52)(H,58,59)/b38-36+/t41-,42+,44?,45+,46?,47?,48?,49?/m0/s1. The minimum absolute atomic E-state index is 0.219. The maximum absolute atomic E-state index is 13.0. The van der Waals surface area contributed by atoms with E-state index in [0.717, 1.165) is 44.9 Å². The Labute approximate surface area is 378 Å². The van der Waals surface area contributed by atoms with Crippen molar-refractivity contribution in [3.63, 3.8) is 0 Å². The summed E-state index contributed by atoms with van der Waals surface area (Å²) in [5, 5.41) is 64.0. The summed E-state index contributed by atoms with van der Waals surface area (Å²) in [7, 11) is -5.08. The summed E-state index contributed by atoms with van der Waals surface area (Å²) >= 11 is 0. The minimum Gasteiger partial charge on any atom is -0.387 e. The summed E-state index contributed by atoms with van der Waals surface area (Å²) < 4.78 is 22.9. The number of hydrogen-bond donors (Lipinski definition) is 8. The van der Waals surface area contributed by atoms with Gasteiger partial charge in [0.05, 0.1) is 18.8 Å². The molecule has 368 valence electrons. The summed E-state index contributed by atoms with van der Waals surface area (Å²) in [6, 6.07) is -1.11. The lowest BCUT2D eigenvalue weighted by Gasteiger charge is -2.41. The molecule has 0 aromatic rings. The first-order chi connectivity index (χ1) is 29.9. The number of carbonyl (C=O) groups is 1. The van der Waals surface area contributed by atoms with Gasteiger partial charge in [0.2, 0.25) is 5.91 Å². The molecule has 1 amide bonds. The molecule has 0 radical (unpaired) electrons. The Morgan fingerprint density at radius 2 is 0.855 bits per heavy atom. The Morgan fingerprint density at radius 1 is 0.532 bits per heavy atom. The van der Waals surface area contributed by atoms with Crippen LogP contribution in [0.2, 0.25) is 0 Å². The van der Waals surface area contributed by atoms with Gasteiger partial charge in [0.15, 0.2) is 0 Å². The highest BCUT2D eigenvalue weighted by molar-refractivity contribution is 7.47. The van der Waals surface area contributed by atoms with Crippen molar-refractivity contribution >= 4 is 13.7 Å². The van der Waals surface area contributed by atoms with Gasteiger partial charge in [-0.3, -0.25) is 13.8 Å². The van der Waals surface area contributed by atoms with Crippen molar-refractivity contribution in [2.75, 3.05) is 6.61 Å². The molecule has 13 heteroatoms. The number of aliphatic hydroxyl groups is 6. The van der Waals surface area contributed by atoms with Gasteiger partial charge in [-0.05, 0) is 19.3 Å². The molecule has 1 aliphatic rings. The molecular formula is C49H96NO11P. The van der Waals surface area contributed by atoms with Gasteiger partial charge in [0, 0.05) is 6.42 Å². The van der Waals surface area contributed by atoms with E-state index in [1.165, 1.54) is 173 Å². The van der Waals surface area contributed by atoms with E-state index >= 15 is 0 Å². The molecule has 0 saturated heterocycles. The molecule has 0 aromatic heterocycles. The summed E-state index contributed by atoms with van der Waals surface area (Å²) in [6.07, 6.45) is 32.9. The Kier molecular flexibility index (Phi) is 37.4. The number of amides is 1. The first-order valence-electron chi connectivity index (χ1n) is 25.6. The number of allylic oxidation sites excluding steroid dienone is 1. The van der Waals surface area contributed by atoms with Crippen molar-refractivity contribution in [1.29, 1.82) is 0 Å². The molecule has 0 spiro atoms. The van der Waals surface area contributed by atoms with Crippen molar-refractivity contribution in [2.45, 2.75) is 287 Å². The molecule has 62 heavy (non-hydrogen) atoms. The summed E-state index contributed by atoms with van der Waals surface area (Å²) in [6.45, 7) is 3.85. The van der Waals surface area contributed by atoms with Crippen LogP contribution in [0.3, 0.4) is 0 Å². The fraction of sp³-hybridized carbons (Fsp3) is 0.939. The van der Waals surface area contributed by atoms with Crippen molar-refractivity contribution in [3.05, 3.63) is 12.2 Å². The highest BCUT2D eigenvalue weighted by atomic mass is 31.2. The number of hydrogen-bond acceptors (Lipinski definition) is 10. The molecule has 1 rings (SSSR count). The molecule has 9 atom stereocenters. The third-order valence-electron chi connectivity index (χ3n) is 12.6. The molecule has 0 aliphatic heterocycles. The lowest BCUT2D eigenvalue weighted by atomic mass is 9.85. The van der Waals surface area contributed by atoms with Gasteiger partial charge >= 0.3 is 7.82 Å². The van der Waals surface area contributed by atoms with Crippen molar-refractivity contribution in [3.8, 4) is 0 Å². The van der Waals surface area contributed by atoms with Gasteiger partial charge in [0.1, 0.15) is 36.6 Å². The van der Waals surface area contributed by atoms with Gasteiger partial charge in [0.25, 0.3) is 0 Å². The third kappa shape index (κ3) is 30.3. The van der Waals surface area contributed by atoms with E-state index in [0.29, 0.717) is 6.42 Å². The van der Waals surface area contributed by atoms with E-state index in [2.05, 4.69) is 19.2 Å². The van der Waals surface area contributed by atoms with Crippen LogP contribution < -0.4 is 5.32 Å². The SMILES string of the molecule is CCCCCCCCCCCC/C=C/[C@@H](O)[C@H](COP(=O)(O)OC1C(O)C(O)C(O)[C@@H](O)C1O)NC(=O)CCCCCCCCCCCCCCCCCCCCCCCCC. The number of unbranched alkanes of at least 4 members (excludes halogenated alkanes) is 32. The Morgan fingerprint density at radius 3 is 1.23 bits per heavy atom. The zero-order valence-corrected chi connectivity index (χ0v) is 40.3. The first kappa shape index (κ1) is 59.1.